The molecule has 1 unspecified atom stereocenters. The number of hydrogen-bond donors (Lipinski definition) is 1. The zero-order valence-electron chi connectivity index (χ0n) is 9.87. The van der Waals surface area contributed by atoms with E-state index < -0.39 is 6.13 Å². The predicted molar refractivity (Wildman–Crippen MR) is 69.5 cm³/mol. The molecule has 1 aromatic carbocycles. The monoisotopic (exact) mass is 255 g/mol. The zero-order valence-corrected chi connectivity index (χ0v) is 10.6. The van der Waals surface area contributed by atoms with E-state index in [-0.39, 0.29) is 10.8 Å². The van der Waals surface area contributed by atoms with Crippen LogP contribution in [0, 0.1) is 5.82 Å². The lowest BCUT2D eigenvalue weighted by Crippen LogP contribution is -2.41. The van der Waals surface area contributed by atoms with Crippen LogP contribution in [-0.4, -0.2) is 37.1 Å². The smallest absolute Gasteiger partial charge is 0.158 e. The summed E-state index contributed by atoms with van der Waals surface area (Å²) in [5.74, 6) is -0.0460. The van der Waals surface area contributed by atoms with E-state index >= 15 is 0 Å². The first-order valence-electron chi connectivity index (χ1n) is 5.95. The van der Waals surface area contributed by atoms with Crippen molar-refractivity contribution in [1.82, 2.24) is 4.90 Å². The number of aliphatic hydroxyl groups excluding tert-OH is 1. The van der Waals surface area contributed by atoms with Crippen molar-refractivity contribution in [3.05, 3.63) is 34.6 Å². The number of halogens is 2. The van der Waals surface area contributed by atoms with Crippen LogP contribution in [0.1, 0.15) is 24.3 Å². The molecule has 1 aliphatic heterocycles. The third kappa shape index (κ3) is 2.82. The van der Waals surface area contributed by atoms with Gasteiger partial charge in [0.2, 0.25) is 0 Å². The van der Waals surface area contributed by atoms with Crippen LogP contribution in [-0.2, 0) is 0 Å². The molecule has 1 atom stereocenters. The molecule has 0 radical (unpaired) electrons. The van der Waals surface area contributed by atoms with Crippen LogP contribution < -0.4 is 0 Å². The van der Waals surface area contributed by atoms with Gasteiger partial charge in [-0.3, -0.25) is 4.90 Å². The number of nitrogens with zero attached hydrogens (tertiary/aromatic N) is 1. The fourth-order valence-electron chi connectivity index (χ4n) is 2.42. The molecule has 1 saturated heterocycles. The predicted octanol–water partition coefficient (Wildman–Crippen LogP) is 1.57. The maximum absolute atomic E-state index is 13.4. The first kappa shape index (κ1) is 12.9. The molecule has 0 spiro atoms. The van der Waals surface area contributed by atoms with Gasteiger partial charge in [0.15, 0.2) is 7.85 Å². The van der Waals surface area contributed by atoms with Crippen LogP contribution in [0.15, 0.2) is 18.2 Å². The van der Waals surface area contributed by atoms with Crippen molar-refractivity contribution in [2.24, 2.45) is 0 Å². The van der Waals surface area contributed by atoms with Crippen LogP contribution in [0.3, 0.4) is 0 Å². The molecular formula is C12H16BClFNO. The third-order valence-corrected chi connectivity index (χ3v) is 3.88. The first-order valence-corrected chi connectivity index (χ1v) is 6.33. The first-order chi connectivity index (χ1) is 8.09. The summed E-state index contributed by atoms with van der Waals surface area (Å²) in [4.78, 5) is 2.02. The second-order valence-electron chi connectivity index (χ2n) is 4.59. The highest BCUT2D eigenvalue weighted by atomic mass is 35.5. The van der Waals surface area contributed by atoms with Crippen molar-refractivity contribution >= 4 is 19.4 Å². The quantitative estimate of drug-likeness (QED) is 0.811. The Morgan fingerprint density at radius 1 is 1.41 bits per heavy atom. The highest BCUT2D eigenvalue weighted by Gasteiger charge is 2.24. The lowest BCUT2D eigenvalue weighted by molar-refractivity contribution is 0.0487. The molecule has 1 aliphatic rings. The number of hydrogen-bond acceptors (Lipinski definition) is 2. The Hall–Kier alpha value is -0.575. The molecule has 0 aromatic heterocycles. The van der Waals surface area contributed by atoms with Gasteiger partial charge in [-0.2, -0.15) is 0 Å². The van der Waals surface area contributed by atoms with Gasteiger partial charge in [-0.15, -0.1) is 0 Å². The molecule has 92 valence electrons. The van der Waals surface area contributed by atoms with Crippen molar-refractivity contribution in [2.45, 2.75) is 24.9 Å². The molecule has 17 heavy (non-hydrogen) atoms. The van der Waals surface area contributed by atoms with Gasteiger partial charge in [-0.25, -0.2) is 4.39 Å². The molecule has 0 saturated carbocycles. The third-order valence-electron chi connectivity index (χ3n) is 3.48. The molecule has 0 amide bonds. The van der Waals surface area contributed by atoms with E-state index in [1.165, 1.54) is 6.07 Å². The molecule has 1 fully saturated rings. The lowest BCUT2D eigenvalue weighted by Gasteiger charge is -2.34. The molecule has 2 nitrogen and oxygen atoms in total. The van der Waals surface area contributed by atoms with E-state index in [4.69, 9.17) is 11.6 Å². The number of benzene rings is 1. The second kappa shape index (κ2) is 5.38. The van der Waals surface area contributed by atoms with Gasteiger partial charge in [-0.05, 0) is 30.4 Å². The van der Waals surface area contributed by atoms with E-state index in [1.807, 2.05) is 11.0 Å². The van der Waals surface area contributed by atoms with Crippen LogP contribution in [0.25, 0.3) is 0 Å². The number of aliphatic hydroxyl groups is 1. The summed E-state index contributed by atoms with van der Waals surface area (Å²) < 4.78 is 13.4. The summed E-state index contributed by atoms with van der Waals surface area (Å²) in [6.45, 7) is 1.66. The van der Waals surface area contributed by atoms with Crippen molar-refractivity contribution < 1.29 is 9.50 Å². The lowest BCUT2D eigenvalue weighted by atomic mass is 9.88. The molecule has 1 aromatic rings. The highest BCUT2D eigenvalue weighted by molar-refractivity contribution is 6.31. The molecule has 0 bridgehead atoms. The minimum absolute atomic E-state index is 0.253. The summed E-state index contributed by atoms with van der Waals surface area (Å²) >= 11 is 5.99. The van der Waals surface area contributed by atoms with Gasteiger partial charge in [0.05, 0.1) is 11.1 Å². The number of rotatable bonds is 2. The molecule has 1 heterocycles. The molecular weight excluding hydrogens is 239 g/mol. The number of likely N-dealkylation sites (tertiary alicyclic amines) is 1. The van der Waals surface area contributed by atoms with Gasteiger partial charge < -0.3 is 5.11 Å². The zero-order chi connectivity index (χ0) is 12.4. The van der Waals surface area contributed by atoms with Crippen LogP contribution in [0.2, 0.25) is 5.02 Å². The van der Waals surface area contributed by atoms with Gasteiger partial charge >= 0.3 is 0 Å². The SMILES string of the molecule is BC(O)N1CCC(c2cccc(F)c2Cl)CC1. The normalized spacial score (nSPS) is 20.4. The summed E-state index contributed by atoms with van der Waals surface area (Å²) in [5.41, 5.74) is 0.900. The Balaban J connectivity index is 2.08. The second-order valence-corrected chi connectivity index (χ2v) is 4.96. The van der Waals surface area contributed by atoms with Crippen molar-refractivity contribution in [3.63, 3.8) is 0 Å². The minimum Gasteiger partial charge on any atom is -0.387 e. The molecule has 5 heteroatoms. The fourth-order valence-corrected chi connectivity index (χ4v) is 2.70. The van der Waals surface area contributed by atoms with Crippen molar-refractivity contribution in [2.75, 3.05) is 13.1 Å². The highest BCUT2D eigenvalue weighted by Crippen LogP contribution is 2.34. The Kier molecular flexibility index (Phi) is 4.07. The van der Waals surface area contributed by atoms with Crippen LogP contribution >= 0.6 is 11.6 Å². The Morgan fingerprint density at radius 3 is 2.65 bits per heavy atom. The summed E-state index contributed by atoms with van der Waals surface area (Å²) in [6.07, 6.45) is 1.42. The van der Waals surface area contributed by atoms with E-state index in [0.717, 1.165) is 31.5 Å². The molecule has 2 rings (SSSR count). The van der Waals surface area contributed by atoms with Gasteiger partial charge in [0.1, 0.15) is 5.82 Å². The van der Waals surface area contributed by atoms with Gasteiger partial charge in [0, 0.05) is 13.1 Å². The fraction of sp³-hybridized carbons (Fsp3) is 0.500. The Bertz CT molecular complexity index is 394. The molecule has 1 N–H and O–H groups in total. The standard InChI is InChI=1S/C12H16BClFNO/c13-12(17)16-6-4-8(5-7-16)9-2-1-3-10(15)11(9)14/h1-3,8,12,17H,4-7,13H2. The molecule has 0 aliphatic carbocycles. The maximum Gasteiger partial charge on any atom is 0.158 e. The number of piperidine rings is 1. The van der Waals surface area contributed by atoms with Gasteiger partial charge in [0.25, 0.3) is 0 Å². The van der Waals surface area contributed by atoms with Gasteiger partial charge in [-0.1, -0.05) is 23.7 Å². The van der Waals surface area contributed by atoms with Crippen LogP contribution in [0.4, 0.5) is 4.39 Å². The van der Waals surface area contributed by atoms with E-state index in [1.54, 1.807) is 13.9 Å². The largest absolute Gasteiger partial charge is 0.387 e. The van der Waals surface area contributed by atoms with Crippen molar-refractivity contribution in [1.29, 1.82) is 0 Å². The van der Waals surface area contributed by atoms with E-state index in [9.17, 15) is 9.50 Å². The Morgan fingerprint density at radius 2 is 2.06 bits per heavy atom. The topological polar surface area (TPSA) is 23.5 Å². The summed E-state index contributed by atoms with van der Waals surface area (Å²) in [6, 6.07) is 4.99. The minimum atomic E-state index is -0.404. The Labute approximate surface area is 107 Å². The average Bonchev–Trinajstić information content (AvgIpc) is 2.33. The van der Waals surface area contributed by atoms with Crippen LogP contribution in [0.5, 0.6) is 0 Å². The van der Waals surface area contributed by atoms with Crippen molar-refractivity contribution in [3.8, 4) is 0 Å². The average molecular weight is 256 g/mol. The maximum atomic E-state index is 13.4. The van der Waals surface area contributed by atoms with E-state index in [2.05, 4.69) is 0 Å². The summed E-state index contributed by atoms with van der Waals surface area (Å²) in [7, 11) is 1.77. The summed E-state index contributed by atoms with van der Waals surface area (Å²) in [5, 5.41) is 9.73. The van der Waals surface area contributed by atoms with E-state index in [0.29, 0.717) is 5.92 Å².